The highest BCUT2D eigenvalue weighted by Gasteiger charge is 2.36. The third kappa shape index (κ3) is 4.35. The molecule has 6 heteroatoms. The highest BCUT2D eigenvalue weighted by atomic mass is 19.4. The molecule has 1 aliphatic rings. The normalized spacial score (nSPS) is 24.0. The fourth-order valence-corrected chi connectivity index (χ4v) is 2.70. The van der Waals surface area contributed by atoms with E-state index in [1.165, 1.54) is 12.1 Å². The standard InChI is InChI=1S/C15H20F3NO2/c1-3-19-14(13-9-8-10(2)20-13)11-6-4-5-7-12(11)21-15(16,17)18/h4-7,10,13-14,19H,3,8-9H2,1-2H3. The summed E-state index contributed by atoms with van der Waals surface area (Å²) in [5, 5.41) is 3.22. The van der Waals surface area contributed by atoms with E-state index in [1.807, 2.05) is 13.8 Å². The molecule has 0 radical (unpaired) electrons. The highest BCUT2D eigenvalue weighted by Crippen LogP contribution is 2.36. The summed E-state index contributed by atoms with van der Waals surface area (Å²) in [5.41, 5.74) is 0.482. The third-order valence-corrected chi connectivity index (χ3v) is 3.54. The van der Waals surface area contributed by atoms with Crippen LogP contribution in [0.4, 0.5) is 13.2 Å². The van der Waals surface area contributed by atoms with Crippen molar-refractivity contribution < 1.29 is 22.6 Å². The van der Waals surface area contributed by atoms with E-state index in [9.17, 15) is 13.2 Å². The summed E-state index contributed by atoms with van der Waals surface area (Å²) in [6, 6.07) is 5.93. The Morgan fingerprint density at radius 1 is 1.33 bits per heavy atom. The molecule has 0 aliphatic carbocycles. The van der Waals surface area contributed by atoms with Crippen molar-refractivity contribution in [2.75, 3.05) is 6.54 Å². The molecule has 1 aliphatic heterocycles. The van der Waals surface area contributed by atoms with Crippen molar-refractivity contribution in [3.05, 3.63) is 29.8 Å². The monoisotopic (exact) mass is 303 g/mol. The number of benzene rings is 1. The predicted molar refractivity (Wildman–Crippen MR) is 73.1 cm³/mol. The minimum atomic E-state index is -4.70. The van der Waals surface area contributed by atoms with E-state index < -0.39 is 6.36 Å². The molecule has 21 heavy (non-hydrogen) atoms. The quantitative estimate of drug-likeness (QED) is 0.897. The zero-order valence-corrected chi connectivity index (χ0v) is 12.1. The molecule has 0 spiro atoms. The van der Waals surface area contributed by atoms with Gasteiger partial charge in [0.25, 0.3) is 0 Å². The van der Waals surface area contributed by atoms with Gasteiger partial charge in [0.2, 0.25) is 0 Å². The number of rotatable bonds is 5. The Labute approximate surface area is 122 Å². The lowest BCUT2D eigenvalue weighted by atomic mass is 9.98. The molecule has 1 aromatic carbocycles. The molecule has 1 aromatic rings. The first kappa shape index (κ1) is 16.1. The Kier molecular flexibility index (Phi) is 5.11. The molecule has 2 rings (SSSR count). The van der Waals surface area contributed by atoms with Gasteiger partial charge in [-0.25, -0.2) is 0 Å². The van der Waals surface area contributed by atoms with Crippen LogP contribution in [0.15, 0.2) is 24.3 Å². The number of halogens is 3. The van der Waals surface area contributed by atoms with Crippen LogP contribution in [0, 0.1) is 0 Å². The smallest absolute Gasteiger partial charge is 0.405 e. The van der Waals surface area contributed by atoms with E-state index in [4.69, 9.17) is 4.74 Å². The van der Waals surface area contributed by atoms with E-state index in [0.717, 1.165) is 12.8 Å². The third-order valence-electron chi connectivity index (χ3n) is 3.54. The summed E-state index contributed by atoms with van der Waals surface area (Å²) >= 11 is 0. The number of likely N-dealkylation sites (N-methyl/N-ethyl adjacent to an activating group) is 1. The molecule has 0 saturated carbocycles. The average Bonchev–Trinajstić information content (AvgIpc) is 2.82. The van der Waals surface area contributed by atoms with E-state index >= 15 is 0 Å². The molecule has 1 fully saturated rings. The molecule has 3 atom stereocenters. The zero-order chi connectivity index (χ0) is 15.5. The van der Waals surface area contributed by atoms with Crippen LogP contribution < -0.4 is 10.1 Å². The second-order valence-electron chi connectivity index (χ2n) is 5.18. The van der Waals surface area contributed by atoms with E-state index in [-0.39, 0.29) is 24.0 Å². The van der Waals surface area contributed by atoms with Crippen LogP contribution in [-0.2, 0) is 4.74 Å². The summed E-state index contributed by atoms with van der Waals surface area (Å²) < 4.78 is 47.6. The minimum Gasteiger partial charge on any atom is -0.405 e. The van der Waals surface area contributed by atoms with E-state index in [1.54, 1.807) is 12.1 Å². The lowest BCUT2D eigenvalue weighted by Gasteiger charge is -2.27. The van der Waals surface area contributed by atoms with Crippen molar-refractivity contribution in [2.45, 2.75) is 51.3 Å². The van der Waals surface area contributed by atoms with Gasteiger partial charge in [-0.1, -0.05) is 25.1 Å². The van der Waals surface area contributed by atoms with Gasteiger partial charge in [0.1, 0.15) is 5.75 Å². The first-order valence-electron chi connectivity index (χ1n) is 7.14. The first-order valence-corrected chi connectivity index (χ1v) is 7.14. The summed E-state index contributed by atoms with van der Waals surface area (Å²) in [6.07, 6.45) is -2.98. The summed E-state index contributed by atoms with van der Waals surface area (Å²) in [4.78, 5) is 0. The maximum Gasteiger partial charge on any atom is 0.573 e. The Hall–Kier alpha value is -1.27. The van der Waals surface area contributed by atoms with Gasteiger partial charge in [0.05, 0.1) is 18.2 Å². The van der Waals surface area contributed by atoms with Crippen LogP contribution in [0.2, 0.25) is 0 Å². The van der Waals surface area contributed by atoms with Crippen molar-refractivity contribution >= 4 is 0 Å². The van der Waals surface area contributed by atoms with Gasteiger partial charge in [-0.15, -0.1) is 13.2 Å². The van der Waals surface area contributed by atoms with Crippen LogP contribution in [0.5, 0.6) is 5.75 Å². The number of nitrogens with one attached hydrogen (secondary N) is 1. The molecule has 0 bridgehead atoms. The molecular weight excluding hydrogens is 283 g/mol. The van der Waals surface area contributed by atoms with Crippen molar-refractivity contribution in [1.82, 2.24) is 5.32 Å². The van der Waals surface area contributed by atoms with Gasteiger partial charge in [-0.3, -0.25) is 0 Å². The van der Waals surface area contributed by atoms with Gasteiger partial charge < -0.3 is 14.8 Å². The van der Waals surface area contributed by atoms with Gasteiger partial charge in [-0.2, -0.15) is 0 Å². The molecule has 0 amide bonds. The molecule has 1 saturated heterocycles. The first-order chi connectivity index (χ1) is 9.90. The summed E-state index contributed by atoms with van der Waals surface area (Å²) in [6.45, 7) is 4.53. The van der Waals surface area contributed by atoms with Crippen LogP contribution in [0.25, 0.3) is 0 Å². The molecule has 118 valence electrons. The highest BCUT2D eigenvalue weighted by molar-refractivity contribution is 5.37. The minimum absolute atomic E-state index is 0.131. The molecule has 0 aromatic heterocycles. The summed E-state index contributed by atoms with van der Waals surface area (Å²) in [7, 11) is 0. The van der Waals surface area contributed by atoms with Crippen LogP contribution in [0.1, 0.15) is 38.3 Å². The zero-order valence-electron chi connectivity index (χ0n) is 12.1. The van der Waals surface area contributed by atoms with Crippen LogP contribution >= 0.6 is 0 Å². The predicted octanol–water partition coefficient (Wildman–Crippen LogP) is 3.80. The number of ether oxygens (including phenoxy) is 2. The Balaban J connectivity index is 2.27. The Bertz CT molecular complexity index is 464. The van der Waals surface area contributed by atoms with Gasteiger partial charge >= 0.3 is 6.36 Å². The second kappa shape index (κ2) is 6.66. The lowest BCUT2D eigenvalue weighted by molar-refractivity contribution is -0.275. The maximum atomic E-state index is 12.5. The van der Waals surface area contributed by atoms with Crippen molar-refractivity contribution in [3.63, 3.8) is 0 Å². The second-order valence-corrected chi connectivity index (χ2v) is 5.18. The molecule has 3 unspecified atom stereocenters. The van der Waals surface area contributed by atoms with Crippen LogP contribution in [-0.4, -0.2) is 25.1 Å². The van der Waals surface area contributed by atoms with Gasteiger partial charge in [-0.05, 0) is 32.4 Å². The fourth-order valence-electron chi connectivity index (χ4n) is 2.70. The number of alkyl halides is 3. The van der Waals surface area contributed by atoms with Crippen molar-refractivity contribution in [3.8, 4) is 5.75 Å². The average molecular weight is 303 g/mol. The topological polar surface area (TPSA) is 30.5 Å². The van der Waals surface area contributed by atoms with Crippen molar-refractivity contribution in [2.24, 2.45) is 0 Å². The number of para-hydroxylation sites is 1. The van der Waals surface area contributed by atoms with Gasteiger partial charge in [0.15, 0.2) is 0 Å². The molecular formula is C15H20F3NO2. The lowest BCUT2D eigenvalue weighted by Crippen LogP contribution is -2.33. The Morgan fingerprint density at radius 2 is 2.05 bits per heavy atom. The van der Waals surface area contributed by atoms with Crippen LogP contribution in [0.3, 0.4) is 0 Å². The molecule has 3 nitrogen and oxygen atoms in total. The summed E-state index contributed by atoms with van der Waals surface area (Å²) in [5.74, 6) is -0.167. The number of hydrogen-bond acceptors (Lipinski definition) is 3. The van der Waals surface area contributed by atoms with E-state index in [2.05, 4.69) is 10.1 Å². The Morgan fingerprint density at radius 3 is 2.62 bits per heavy atom. The SMILES string of the molecule is CCNC(c1ccccc1OC(F)(F)F)C1CCC(C)O1. The van der Waals surface area contributed by atoms with Crippen molar-refractivity contribution in [1.29, 1.82) is 0 Å². The maximum absolute atomic E-state index is 12.5. The fraction of sp³-hybridized carbons (Fsp3) is 0.600. The van der Waals surface area contributed by atoms with E-state index in [0.29, 0.717) is 12.1 Å². The molecule has 1 heterocycles. The number of hydrogen-bond donors (Lipinski definition) is 1. The molecule has 1 N–H and O–H groups in total. The van der Waals surface area contributed by atoms with Gasteiger partial charge in [0, 0.05) is 5.56 Å². The largest absolute Gasteiger partial charge is 0.573 e.